The number of aromatic nitrogens is 5. The zero-order valence-corrected chi connectivity index (χ0v) is 25.7. The molecule has 5 heterocycles. The molecule has 5 nitrogen and oxygen atoms in total. The molecule has 0 saturated heterocycles. The van der Waals surface area contributed by atoms with Gasteiger partial charge >= 0.3 is 0 Å². The Morgan fingerprint density at radius 1 is 0.468 bits per heavy atom. The fourth-order valence-electron chi connectivity index (χ4n) is 7.53. The topological polar surface area (TPSA) is 48.0 Å². The standard InChI is InChI=1S/C41H23N5S/c1-2-12-24(13-3-1)36-27-16-6-9-19-30(27)42-41(44-36)46-31-20-10-7-17-28(31)39-38(46)25-14-4-5-15-26(25)40-43-37-32(45(39)40)22-23-34-35(37)29-18-8-11-21-33(29)47-34/h1-23H. The SMILES string of the molecule is c1ccc(-c2nc(-n3c4ccccc4c4c3c3ccccc3c3nc5c6c(ccc5n34)sc3ccccc36)nc3ccccc23)cc1. The lowest BCUT2D eigenvalue weighted by Crippen LogP contribution is -2.04. The molecule has 0 fully saturated rings. The number of fused-ring (bicyclic) bond motifs is 15. The maximum atomic E-state index is 5.46. The Labute approximate surface area is 271 Å². The van der Waals surface area contributed by atoms with Gasteiger partial charge < -0.3 is 0 Å². The van der Waals surface area contributed by atoms with Gasteiger partial charge in [-0.05, 0) is 30.3 Å². The summed E-state index contributed by atoms with van der Waals surface area (Å²) >= 11 is 1.83. The van der Waals surface area contributed by atoms with Crippen LogP contribution >= 0.6 is 11.3 Å². The van der Waals surface area contributed by atoms with Crippen molar-refractivity contribution in [3.8, 4) is 17.2 Å². The lowest BCUT2D eigenvalue weighted by molar-refractivity contribution is 1.02. The minimum Gasteiger partial charge on any atom is -0.289 e. The van der Waals surface area contributed by atoms with Crippen LogP contribution in [0.25, 0.3) is 97.7 Å². The molecule has 6 aromatic carbocycles. The highest BCUT2D eigenvalue weighted by Gasteiger charge is 2.24. The first-order valence-electron chi connectivity index (χ1n) is 15.7. The Morgan fingerprint density at radius 2 is 1.17 bits per heavy atom. The smallest absolute Gasteiger partial charge is 0.235 e. The Hall–Kier alpha value is -6.11. The van der Waals surface area contributed by atoms with Crippen LogP contribution < -0.4 is 0 Å². The Balaban J connectivity index is 1.37. The van der Waals surface area contributed by atoms with Gasteiger partial charge in [-0.2, -0.15) is 0 Å². The number of pyridine rings is 1. The number of imidazole rings is 1. The second-order valence-electron chi connectivity index (χ2n) is 12.0. The molecule has 11 rings (SSSR count). The average Bonchev–Trinajstić information content (AvgIpc) is 3.81. The Bertz CT molecular complexity index is 3080. The van der Waals surface area contributed by atoms with Crippen LogP contribution in [0.3, 0.4) is 0 Å². The molecule has 6 heteroatoms. The summed E-state index contributed by atoms with van der Waals surface area (Å²) in [7, 11) is 0. The molecule has 5 aromatic heterocycles. The predicted octanol–water partition coefficient (Wildman–Crippen LogP) is 10.7. The molecule has 11 aromatic rings. The van der Waals surface area contributed by atoms with Crippen LogP contribution in [0.1, 0.15) is 0 Å². The second kappa shape index (κ2) is 9.22. The van der Waals surface area contributed by atoms with E-state index in [1.54, 1.807) is 0 Å². The van der Waals surface area contributed by atoms with E-state index in [0.717, 1.165) is 71.5 Å². The molecule has 218 valence electrons. The van der Waals surface area contributed by atoms with E-state index in [-0.39, 0.29) is 0 Å². The van der Waals surface area contributed by atoms with Crippen molar-refractivity contribution >= 4 is 91.8 Å². The van der Waals surface area contributed by atoms with Crippen molar-refractivity contribution in [3.05, 3.63) is 140 Å². The van der Waals surface area contributed by atoms with Crippen LogP contribution in [0.2, 0.25) is 0 Å². The van der Waals surface area contributed by atoms with Crippen molar-refractivity contribution in [2.45, 2.75) is 0 Å². The van der Waals surface area contributed by atoms with Gasteiger partial charge in [-0.25, -0.2) is 15.0 Å². The Kier molecular flexibility index (Phi) is 4.93. The van der Waals surface area contributed by atoms with Crippen LogP contribution in [-0.2, 0) is 0 Å². The highest BCUT2D eigenvalue weighted by molar-refractivity contribution is 7.26. The first kappa shape index (κ1) is 25.1. The van der Waals surface area contributed by atoms with Crippen molar-refractivity contribution in [2.24, 2.45) is 0 Å². The third-order valence-corrected chi connectivity index (χ3v) is 10.6. The molecule has 0 aliphatic carbocycles. The number of nitrogens with zero attached hydrogens (tertiary/aromatic N) is 5. The second-order valence-corrected chi connectivity index (χ2v) is 13.1. The Morgan fingerprint density at radius 3 is 2.04 bits per heavy atom. The molecule has 0 spiro atoms. The zero-order valence-electron chi connectivity index (χ0n) is 24.9. The van der Waals surface area contributed by atoms with E-state index in [1.807, 2.05) is 23.5 Å². The normalized spacial score (nSPS) is 12.3. The number of hydrogen-bond donors (Lipinski definition) is 0. The van der Waals surface area contributed by atoms with Crippen molar-refractivity contribution in [1.82, 2.24) is 23.9 Å². The van der Waals surface area contributed by atoms with E-state index in [4.69, 9.17) is 15.0 Å². The van der Waals surface area contributed by atoms with Crippen LogP contribution in [0.4, 0.5) is 0 Å². The van der Waals surface area contributed by atoms with Crippen molar-refractivity contribution < 1.29 is 0 Å². The van der Waals surface area contributed by atoms with E-state index in [2.05, 4.69) is 136 Å². The third-order valence-electron chi connectivity index (χ3n) is 9.50. The van der Waals surface area contributed by atoms with Gasteiger partial charge in [-0.3, -0.25) is 8.97 Å². The molecule has 0 aliphatic rings. The summed E-state index contributed by atoms with van der Waals surface area (Å²) in [5, 5.41) is 6.84. The maximum absolute atomic E-state index is 5.46. The molecular formula is C41H23N5S. The summed E-state index contributed by atoms with van der Waals surface area (Å²) < 4.78 is 7.16. The lowest BCUT2D eigenvalue weighted by Gasteiger charge is -2.13. The number of benzene rings is 6. The van der Waals surface area contributed by atoms with Gasteiger partial charge in [0.25, 0.3) is 0 Å². The molecule has 0 amide bonds. The summed E-state index contributed by atoms with van der Waals surface area (Å²) in [5.74, 6) is 0.647. The minimum atomic E-state index is 0.647. The zero-order chi connectivity index (χ0) is 30.6. The monoisotopic (exact) mass is 617 g/mol. The maximum Gasteiger partial charge on any atom is 0.235 e. The molecule has 0 atom stereocenters. The van der Waals surface area contributed by atoms with Crippen LogP contribution in [0.15, 0.2) is 140 Å². The van der Waals surface area contributed by atoms with E-state index in [0.29, 0.717) is 5.95 Å². The molecular weight excluding hydrogens is 595 g/mol. The fraction of sp³-hybridized carbons (Fsp3) is 0. The van der Waals surface area contributed by atoms with Gasteiger partial charge in [0.15, 0.2) is 0 Å². The minimum absolute atomic E-state index is 0.647. The van der Waals surface area contributed by atoms with Gasteiger partial charge in [-0.15, -0.1) is 11.3 Å². The molecule has 0 radical (unpaired) electrons. The van der Waals surface area contributed by atoms with Gasteiger partial charge in [0.1, 0.15) is 5.65 Å². The van der Waals surface area contributed by atoms with Gasteiger partial charge in [-0.1, -0.05) is 109 Å². The van der Waals surface area contributed by atoms with Crippen LogP contribution in [-0.4, -0.2) is 23.9 Å². The van der Waals surface area contributed by atoms with Gasteiger partial charge in [0, 0.05) is 47.3 Å². The van der Waals surface area contributed by atoms with Crippen molar-refractivity contribution in [2.75, 3.05) is 0 Å². The van der Waals surface area contributed by atoms with E-state index < -0.39 is 0 Å². The summed E-state index contributed by atoms with van der Waals surface area (Å²) in [5.41, 5.74) is 9.20. The number of para-hydroxylation sites is 2. The number of hydrogen-bond acceptors (Lipinski definition) is 4. The molecule has 0 N–H and O–H groups in total. The van der Waals surface area contributed by atoms with Gasteiger partial charge in [0.05, 0.1) is 38.8 Å². The first-order valence-corrected chi connectivity index (χ1v) is 16.5. The summed E-state index contributed by atoms with van der Waals surface area (Å²) in [6.45, 7) is 0. The van der Waals surface area contributed by atoms with Crippen LogP contribution in [0.5, 0.6) is 0 Å². The summed E-state index contributed by atoms with van der Waals surface area (Å²) in [4.78, 5) is 16.0. The van der Waals surface area contributed by atoms with E-state index >= 15 is 0 Å². The number of thiophene rings is 1. The lowest BCUT2D eigenvalue weighted by atomic mass is 10.1. The quantitative estimate of drug-likeness (QED) is 0.194. The van der Waals surface area contributed by atoms with Crippen molar-refractivity contribution in [3.63, 3.8) is 0 Å². The third kappa shape index (κ3) is 3.34. The first-order chi connectivity index (χ1) is 23.3. The predicted molar refractivity (Wildman–Crippen MR) is 196 cm³/mol. The average molecular weight is 618 g/mol. The van der Waals surface area contributed by atoms with Gasteiger partial charge in [0.2, 0.25) is 5.95 Å². The largest absolute Gasteiger partial charge is 0.289 e. The molecule has 0 bridgehead atoms. The molecule has 0 saturated carbocycles. The highest BCUT2D eigenvalue weighted by atomic mass is 32.1. The van der Waals surface area contributed by atoms with E-state index in [1.165, 1.54) is 20.2 Å². The molecule has 0 aliphatic heterocycles. The summed E-state index contributed by atoms with van der Waals surface area (Å²) in [6, 6.07) is 49.1. The van der Waals surface area contributed by atoms with Crippen LogP contribution in [0, 0.1) is 0 Å². The highest BCUT2D eigenvalue weighted by Crippen LogP contribution is 2.43. The number of rotatable bonds is 2. The van der Waals surface area contributed by atoms with E-state index in [9.17, 15) is 0 Å². The molecule has 47 heavy (non-hydrogen) atoms. The summed E-state index contributed by atoms with van der Waals surface area (Å²) in [6.07, 6.45) is 0. The molecule has 0 unspecified atom stereocenters. The van der Waals surface area contributed by atoms with Crippen molar-refractivity contribution in [1.29, 1.82) is 0 Å². The fourth-order valence-corrected chi connectivity index (χ4v) is 8.64.